The molecule has 0 fully saturated rings. The summed E-state index contributed by atoms with van der Waals surface area (Å²) in [6.45, 7) is 0. The second kappa shape index (κ2) is 6.27. The van der Waals surface area contributed by atoms with E-state index in [0.29, 0.717) is 11.5 Å². The summed E-state index contributed by atoms with van der Waals surface area (Å²) in [5.41, 5.74) is 4.42. The third-order valence-corrected chi connectivity index (χ3v) is 4.33. The molecule has 0 spiro atoms. The van der Waals surface area contributed by atoms with E-state index in [0.717, 1.165) is 48.2 Å². The van der Waals surface area contributed by atoms with Gasteiger partial charge in [-0.3, -0.25) is 20.0 Å². The summed E-state index contributed by atoms with van der Waals surface area (Å²) in [5, 5.41) is 17.1. The number of pyridine rings is 1. The fraction of sp³-hybridized carbons (Fsp3) is 0.294. The molecule has 0 aromatic carbocycles. The molecule has 3 aromatic heterocycles. The number of rotatable bonds is 3. The van der Waals surface area contributed by atoms with Gasteiger partial charge in [-0.05, 0) is 37.8 Å². The number of hydrogen-bond acceptors (Lipinski definition) is 4. The Hall–Kier alpha value is -2.96. The minimum atomic E-state index is -0.220. The Labute approximate surface area is 138 Å². The number of H-pyrrole nitrogens is 2. The minimum absolute atomic E-state index is 0.220. The highest BCUT2D eigenvalue weighted by Crippen LogP contribution is 2.23. The first-order valence-electron chi connectivity index (χ1n) is 8.14. The number of aromatic nitrogens is 5. The number of amides is 1. The molecule has 3 heterocycles. The van der Waals surface area contributed by atoms with E-state index in [1.54, 1.807) is 18.5 Å². The highest BCUT2D eigenvalue weighted by Gasteiger charge is 2.21. The Morgan fingerprint density at radius 3 is 2.75 bits per heavy atom. The number of aromatic amines is 2. The van der Waals surface area contributed by atoms with Gasteiger partial charge in [-0.15, -0.1) is 0 Å². The summed E-state index contributed by atoms with van der Waals surface area (Å²) in [7, 11) is 0. The van der Waals surface area contributed by atoms with Crippen LogP contribution < -0.4 is 5.32 Å². The highest BCUT2D eigenvalue weighted by molar-refractivity contribution is 6.03. The number of aryl methyl sites for hydroxylation is 1. The first-order valence-corrected chi connectivity index (χ1v) is 8.14. The second-order valence-electron chi connectivity index (χ2n) is 5.95. The number of nitrogens with zero attached hydrogens (tertiary/aromatic N) is 3. The van der Waals surface area contributed by atoms with Gasteiger partial charge in [-0.2, -0.15) is 10.2 Å². The van der Waals surface area contributed by atoms with Gasteiger partial charge in [0.25, 0.3) is 5.91 Å². The van der Waals surface area contributed by atoms with E-state index >= 15 is 0 Å². The molecule has 3 aromatic rings. The highest BCUT2D eigenvalue weighted by atomic mass is 16.2. The fourth-order valence-electron chi connectivity index (χ4n) is 3.09. The van der Waals surface area contributed by atoms with E-state index in [4.69, 9.17) is 0 Å². The lowest BCUT2D eigenvalue weighted by molar-refractivity contribution is 0.102. The second-order valence-corrected chi connectivity index (χ2v) is 5.95. The summed E-state index contributed by atoms with van der Waals surface area (Å²) in [5.74, 6) is 0.263. The number of hydrogen-bond donors (Lipinski definition) is 3. The Balaban J connectivity index is 1.53. The van der Waals surface area contributed by atoms with Crippen LogP contribution >= 0.6 is 0 Å². The fourth-order valence-corrected chi connectivity index (χ4v) is 3.09. The molecule has 7 nitrogen and oxygen atoms in total. The van der Waals surface area contributed by atoms with Gasteiger partial charge in [0, 0.05) is 35.3 Å². The zero-order valence-electron chi connectivity index (χ0n) is 13.2. The predicted molar refractivity (Wildman–Crippen MR) is 89.6 cm³/mol. The number of nitrogens with one attached hydrogen (secondary N) is 3. The van der Waals surface area contributed by atoms with Crippen LogP contribution in [0.1, 0.15) is 41.0 Å². The van der Waals surface area contributed by atoms with Gasteiger partial charge in [0.05, 0.1) is 5.69 Å². The maximum atomic E-state index is 12.5. The van der Waals surface area contributed by atoms with Crippen molar-refractivity contribution in [3.63, 3.8) is 0 Å². The molecule has 122 valence electrons. The molecule has 1 aliphatic rings. The van der Waals surface area contributed by atoms with Crippen LogP contribution in [-0.4, -0.2) is 31.3 Å². The lowest BCUT2D eigenvalue weighted by Gasteiger charge is -2.02. The number of fused-ring (bicyclic) bond motifs is 1. The Kier molecular flexibility index (Phi) is 3.82. The predicted octanol–water partition coefficient (Wildman–Crippen LogP) is 2.72. The largest absolute Gasteiger partial charge is 0.304 e. The molecule has 3 N–H and O–H groups in total. The van der Waals surface area contributed by atoms with E-state index in [9.17, 15) is 4.79 Å². The van der Waals surface area contributed by atoms with E-state index in [1.165, 1.54) is 6.42 Å². The molecule has 0 aliphatic heterocycles. The van der Waals surface area contributed by atoms with Gasteiger partial charge >= 0.3 is 0 Å². The zero-order valence-corrected chi connectivity index (χ0v) is 13.2. The van der Waals surface area contributed by atoms with Crippen LogP contribution in [0.25, 0.3) is 11.3 Å². The van der Waals surface area contributed by atoms with Gasteiger partial charge < -0.3 is 5.32 Å². The topological polar surface area (TPSA) is 99.3 Å². The third kappa shape index (κ3) is 2.80. The summed E-state index contributed by atoms with van der Waals surface area (Å²) in [4.78, 5) is 16.5. The van der Waals surface area contributed by atoms with Gasteiger partial charge in [0.15, 0.2) is 11.5 Å². The summed E-state index contributed by atoms with van der Waals surface area (Å²) >= 11 is 0. The van der Waals surface area contributed by atoms with Crippen LogP contribution in [0.3, 0.4) is 0 Å². The summed E-state index contributed by atoms with van der Waals surface area (Å²) < 4.78 is 0. The average molecular weight is 322 g/mol. The monoisotopic (exact) mass is 322 g/mol. The lowest BCUT2D eigenvalue weighted by Crippen LogP contribution is -2.15. The Bertz CT molecular complexity index is 851. The van der Waals surface area contributed by atoms with E-state index in [-0.39, 0.29) is 5.91 Å². The zero-order chi connectivity index (χ0) is 16.4. The van der Waals surface area contributed by atoms with Crippen LogP contribution in [0.15, 0.2) is 30.6 Å². The van der Waals surface area contributed by atoms with Gasteiger partial charge in [0.2, 0.25) is 0 Å². The summed E-state index contributed by atoms with van der Waals surface area (Å²) in [6.07, 6.45) is 8.73. The maximum Gasteiger partial charge on any atom is 0.277 e. The van der Waals surface area contributed by atoms with Crippen LogP contribution in [0.4, 0.5) is 5.82 Å². The number of anilines is 1. The molecule has 0 bridgehead atoms. The van der Waals surface area contributed by atoms with Crippen LogP contribution in [0.2, 0.25) is 0 Å². The summed E-state index contributed by atoms with van der Waals surface area (Å²) in [6, 6.07) is 5.57. The molecule has 0 saturated carbocycles. The maximum absolute atomic E-state index is 12.5. The molecule has 7 heteroatoms. The van der Waals surface area contributed by atoms with Crippen molar-refractivity contribution in [2.45, 2.75) is 32.1 Å². The van der Waals surface area contributed by atoms with Crippen LogP contribution in [0.5, 0.6) is 0 Å². The van der Waals surface area contributed by atoms with Crippen molar-refractivity contribution in [1.82, 2.24) is 25.4 Å². The molecule has 0 unspecified atom stereocenters. The number of carbonyl (C=O) groups is 1. The van der Waals surface area contributed by atoms with Gasteiger partial charge in [0.1, 0.15) is 0 Å². The van der Waals surface area contributed by atoms with Crippen molar-refractivity contribution in [3.8, 4) is 11.3 Å². The standard InChI is InChI=1S/C17H18N6O/c24-17(16-12-4-2-1-3-5-13(12)20-23-16)19-15-10-14(21-22-15)11-6-8-18-9-7-11/h6-10H,1-5H2,(H,20,23)(H2,19,21,22,24). The third-order valence-electron chi connectivity index (χ3n) is 4.33. The van der Waals surface area contributed by atoms with Gasteiger partial charge in [-0.25, -0.2) is 0 Å². The molecular weight excluding hydrogens is 304 g/mol. The molecule has 1 amide bonds. The van der Waals surface area contributed by atoms with Crippen molar-refractivity contribution in [1.29, 1.82) is 0 Å². The normalized spacial score (nSPS) is 14.0. The SMILES string of the molecule is O=C(Nc1cc(-c2ccncc2)[nH]n1)c1n[nH]c2c1CCCCC2. The van der Waals surface area contributed by atoms with Crippen LogP contribution in [0, 0.1) is 0 Å². The van der Waals surface area contributed by atoms with E-state index in [2.05, 4.69) is 30.7 Å². The molecule has 0 saturated heterocycles. The van der Waals surface area contributed by atoms with Crippen molar-refractivity contribution in [2.24, 2.45) is 0 Å². The number of carbonyl (C=O) groups excluding carboxylic acids is 1. The first-order chi connectivity index (χ1) is 11.8. The molecule has 4 rings (SSSR count). The van der Waals surface area contributed by atoms with E-state index in [1.807, 2.05) is 12.1 Å². The van der Waals surface area contributed by atoms with Gasteiger partial charge in [-0.1, -0.05) is 6.42 Å². The van der Waals surface area contributed by atoms with Crippen LogP contribution in [-0.2, 0) is 12.8 Å². The quantitative estimate of drug-likeness (QED) is 0.646. The van der Waals surface area contributed by atoms with Crippen molar-refractivity contribution in [2.75, 3.05) is 5.32 Å². The van der Waals surface area contributed by atoms with Crippen molar-refractivity contribution < 1.29 is 4.79 Å². The molecule has 24 heavy (non-hydrogen) atoms. The molecule has 0 atom stereocenters. The lowest BCUT2D eigenvalue weighted by atomic mass is 10.1. The molecular formula is C17H18N6O. The van der Waals surface area contributed by atoms with Crippen molar-refractivity contribution >= 4 is 11.7 Å². The Morgan fingerprint density at radius 2 is 1.88 bits per heavy atom. The smallest absolute Gasteiger partial charge is 0.277 e. The molecule has 1 aliphatic carbocycles. The van der Waals surface area contributed by atoms with E-state index < -0.39 is 0 Å². The molecule has 0 radical (unpaired) electrons. The van der Waals surface area contributed by atoms with Crippen molar-refractivity contribution in [3.05, 3.63) is 47.5 Å². The average Bonchev–Trinajstić information content (AvgIpc) is 3.17. The Morgan fingerprint density at radius 1 is 1.04 bits per heavy atom. The first kappa shape index (κ1) is 14.6. The minimum Gasteiger partial charge on any atom is -0.304 e.